The Kier molecular flexibility index (Phi) is 6.84. The van der Waals surface area contributed by atoms with Crippen molar-refractivity contribution in [2.24, 2.45) is 0 Å². The molecule has 0 unspecified atom stereocenters. The summed E-state index contributed by atoms with van der Waals surface area (Å²) in [4.78, 5) is 22.2. The quantitative estimate of drug-likeness (QED) is 0.594. The summed E-state index contributed by atoms with van der Waals surface area (Å²) in [6.07, 6.45) is 3.25. The highest BCUT2D eigenvalue weighted by Gasteiger charge is 2.29. The predicted molar refractivity (Wildman–Crippen MR) is 123 cm³/mol. The van der Waals surface area contributed by atoms with Crippen molar-refractivity contribution in [2.45, 2.75) is 44.4 Å². The Balaban J connectivity index is 0.00000256. The van der Waals surface area contributed by atoms with Crippen LogP contribution in [-0.2, 0) is 16.6 Å². The number of imidazole rings is 1. The lowest BCUT2D eigenvalue weighted by molar-refractivity contribution is -0.142. The van der Waals surface area contributed by atoms with Gasteiger partial charge in [-0.15, -0.1) is 12.4 Å². The molecule has 5 nitrogen and oxygen atoms in total. The van der Waals surface area contributed by atoms with Crippen molar-refractivity contribution in [3.05, 3.63) is 65.5 Å². The molecule has 160 valence electrons. The van der Waals surface area contributed by atoms with Crippen LogP contribution in [0.3, 0.4) is 0 Å². The third kappa shape index (κ3) is 4.68. The van der Waals surface area contributed by atoms with Gasteiger partial charge in [-0.3, -0.25) is 4.79 Å². The maximum atomic E-state index is 11.4. The van der Waals surface area contributed by atoms with Crippen molar-refractivity contribution >= 4 is 29.4 Å². The van der Waals surface area contributed by atoms with Gasteiger partial charge in [0.05, 0.1) is 16.4 Å². The molecule has 0 spiro atoms. The van der Waals surface area contributed by atoms with Gasteiger partial charge in [0, 0.05) is 12.5 Å². The van der Waals surface area contributed by atoms with E-state index in [2.05, 4.69) is 34.1 Å². The van der Waals surface area contributed by atoms with Gasteiger partial charge in [0.15, 0.2) is 0 Å². The number of H-pyrrole nitrogens is 1. The molecule has 0 aliphatic carbocycles. The maximum Gasteiger partial charge on any atom is 0.313 e. The molecule has 0 saturated carbocycles. The van der Waals surface area contributed by atoms with Crippen LogP contribution in [0.4, 0.5) is 0 Å². The highest BCUT2D eigenvalue weighted by atomic mass is 35.5. The smallest absolute Gasteiger partial charge is 0.313 e. The van der Waals surface area contributed by atoms with Crippen molar-refractivity contribution in [1.82, 2.24) is 14.9 Å². The van der Waals surface area contributed by atoms with Gasteiger partial charge < -0.3 is 15.0 Å². The van der Waals surface area contributed by atoms with Gasteiger partial charge >= 0.3 is 5.97 Å². The van der Waals surface area contributed by atoms with Gasteiger partial charge in [0.1, 0.15) is 5.82 Å². The van der Waals surface area contributed by atoms with Gasteiger partial charge in [0.25, 0.3) is 0 Å². The van der Waals surface area contributed by atoms with Crippen molar-refractivity contribution in [1.29, 1.82) is 0 Å². The number of carboxylic acid groups (broad SMARTS) is 1. The molecule has 1 aliphatic heterocycles. The van der Waals surface area contributed by atoms with E-state index < -0.39 is 11.4 Å². The number of hydrogen-bond donors (Lipinski definition) is 2. The van der Waals surface area contributed by atoms with E-state index in [9.17, 15) is 9.90 Å². The van der Waals surface area contributed by atoms with Crippen LogP contribution in [-0.4, -0.2) is 45.6 Å². The van der Waals surface area contributed by atoms with Crippen LogP contribution in [0.5, 0.6) is 0 Å². The molecule has 0 bridgehead atoms. The molecule has 4 rings (SSSR count). The first-order valence-electron chi connectivity index (χ1n) is 10.4. The first-order chi connectivity index (χ1) is 13.9. The topological polar surface area (TPSA) is 69.2 Å². The van der Waals surface area contributed by atoms with Crippen LogP contribution < -0.4 is 0 Å². The number of hydrogen-bond acceptors (Lipinski definition) is 3. The molecule has 6 heteroatoms. The highest BCUT2D eigenvalue weighted by Crippen LogP contribution is 2.28. The first kappa shape index (κ1) is 22.3. The number of carboxylic acids is 1. The summed E-state index contributed by atoms with van der Waals surface area (Å²) >= 11 is 0. The Morgan fingerprint density at radius 3 is 2.43 bits per heavy atom. The summed E-state index contributed by atoms with van der Waals surface area (Å²) in [6, 6.07) is 16.3. The molecule has 30 heavy (non-hydrogen) atoms. The second kappa shape index (κ2) is 9.19. The van der Waals surface area contributed by atoms with Gasteiger partial charge in [-0.2, -0.15) is 0 Å². The minimum absolute atomic E-state index is 0. The molecular formula is C24H30ClN3O2. The Bertz CT molecular complexity index is 956. The Hall–Kier alpha value is -2.37. The summed E-state index contributed by atoms with van der Waals surface area (Å²) in [5.41, 5.74) is 3.44. The van der Waals surface area contributed by atoms with Gasteiger partial charge in [-0.25, -0.2) is 4.98 Å². The molecule has 0 atom stereocenters. The third-order valence-electron chi connectivity index (χ3n) is 6.31. The SMILES string of the molecule is CC(C)(C(=O)O)c1ccc(CCN2CCC(c3nc4ccccc4[nH]3)CC2)cc1.Cl. The van der Waals surface area contributed by atoms with Crippen LogP contribution in [0, 0.1) is 0 Å². The Labute approximate surface area is 183 Å². The van der Waals surface area contributed by atoms with E-state index in [1.807, 2.05) is 24.3 Å². The van der Waals surface area contributed by atoms with Crippen LogP contribution in [0.25, 0.3) is 11.0 Å². The third-order valence-corrected chi connectivity index (χ3v) is 6.31. The highest BCUT2D eigenvalue weighted by molar-refractivity contribution is 5.85. The fraction of sp³-hybridized carbons (Fsp3) is 0.417. The molecule has 2 heterocycles. The summed E-state index contributed by atoms with van der Waals surface area (Å²) in [7, 11) is 0. The van der Waals surface area contributed by atoms with Gasteiger partial charge in [-0.1, -0.05) is 36.4 Å². The van der Waals surface area contributed by atoms with E-state index in [0.717, 1.165) is 61.3 Å². The van der Waals surface area contributed by atoms with Crippen LogP contribution >= 0.6 is 12.4 Å². The Morgan fingerprint density at radius 2 is 1.80 bits per heavy atom. The summed E-state index contributed by atoms with van der Waals surface area (Å²) in [5.74, 6) is 0.844. The number of aromatic nitrogens is 2. The minimum Gasteiger partial charge on any atom is -0.481 e. The Morgan fingerprint density at radius 1 is 1.13 bits per heavy atom. The molecular weight excluding hydrogens is 398 g/mol. The number of benzene rings is 2. The second-order valence-corrected chi connectivity index (χ2v) is 8.63. The number of aromatic amines is 1. The van der Waals surface area contributed by atoms with E-state index >= 15 is 0 Å². The number of nitrogens with zero attached hydrogens (tertiary/aromatic N) is 2. The maximum absolute atomic E-state index is 11.4. The lowest BCUT2D eigenvalue weighted by atomic mass is 9.84. The second-order valence-electron chi connectivity index (χ2n) is 8.63. The lowest BCUT2D eigenvalue weighted by Crippen LogP contribution is -2.34. The molecule has 1 saturated heterocycles. The van der Waals surface area contributed by atoms with E-state index in [0.29, 0.717) is 5.92 Å². The largest absolute Gasteiger partial charge is 0.481 e. The number of piperidine rings is 1. The molecule has 2 aromatic carbocycles. The van der Waals surface area contributed by atoms with Crippen molar-refractivity contribution < 1.29 is 9.90 Å². The number of para-hydroxylation sites is 2. The number of fused-ring (bicyclic) bond motifs is 1. The minimum atomic E-state index is -0.850. The first-order valence-corrected chi connectivity index (χ1v) is 10.4. The number of rotatable bonds is 6. The summed E-state index contributed by atoms with van der Waals surface area (Å²) < 4.78 is 0. The molecule has 1 aromatic heterocycles. The molecule has 3 aromatic rings. The number of aliphatic carboxylic acids is 1. The normalized spacial score (nSPS) is 15.8. The molecule has 1 fully saturated rings. The van der Waals surface area contributed by atoms with Crippen LogP contribution in [0.2, 0.25) is 0 Å². The fourth-order valence-corrected chi connectivity index (χ4v) is 4.09. The fourth-order valence-electron chi connectivity index (χ4n) is 4.09. The van der Waals surface area contributed by atoms with E-state index in [1.165, 1.54) is 5.56 Å². The van der Waals surface area contributed by atoms with Crippen molar-refractivity contribution in [2.75, 3.05) is 19.6 Å². The van der Waals surface area contributed by atoms with E-state index in [1.54, 1.807) is 13.8 Å². The average molecular weight is 428 g/mol. The van der Waals surface area contributed by atoms with E-state index in [-0.39, 0.29) is 12.4 Å². The van der Waals surface area contributed by atoms with Crippen molar-refractivity contribution in [3.8, 4) is 0 Å². The monoisotopic (exact) mass is 427 g/mol. The predicted octanol–water partition coefficient (Wildman–Crippen LogP) is 4.77. The van der Waals surface area contributed by atoms with E-state index in [4.69, 9.17) is 4.98 Å². The molecule has 0 amide bonds. The zero-order valence-corrected chi connectivity index (χ0v) is 18.4. The number of likely N-dealkylation sites (tertiary alicyclic amines) is 1. The zero-order chi connectivity index (χ0) is 20.4. The molecule has 2 N–H and O–H groups in total. The molecule has 0 radical (unpaired) electrons. The summed E-state index contributed by atoms with van der Waals surface area (Å²) in [5, 5.41) is 9.37. The standard InChI is InChI=1S/C24H29N3O2.ClH/c1-24(2,23(28)29)19-9-7-17(8-10-19)11-14-27-15-12-18(13-16-27)22-25-20-5-3-4-6-21(20)26-22;/h3-10,18H,11-16H2,1-2H3,(H,25,26)(H,28,29);1H. The van der Waals surface area contributed by atoms with Crippen LogP contribution in [0.15, 0.2) is 48.5 Å². The average Bonchev–Trinajstić information content (AvgIpc) is 3.17. The van der Waals surface area contributed by atoms with Crippen LogP contribution in [0.1, 0.15) is 49.6 Å². The number of halogens is 1. The number of nitrogens with one attached hydrogen (secondary N) is 1. The zero-order valence-electron chi connectivity index (χ0n) is 17.6. The van der Waals surface area contributed by atoms with Gasteiger partial charge in [0.2, 0.25) is 0 Å². The lowest BCUT2D eigenvalue weighted by Gasteiger charge is -2.31. The van der Waals surface area contributed by atoms with Crippen molar-refractivity contribution in [3.63, 3.8) is 0 Å². The van der Waals surface area contributed by atoms with Gasteiger partial charge in [-0.05, 0) is 69.5 Å². The molecule has 1 aliphatic rings. The summed E-state index contributed by atoms with van der Waals surface area (Å²) in [6.45, 7) is 6.71. The number of carbonyl (C=O) groups is 1.